The Labute approximate surface area is 255 Å². The molecule has 0 unspecified atom stereocenters. The summed E-state index contributed by atoms with van der Waals surface area (Å²) in [4.78, 5) is 44.3. The molecule has 6 rings (SSSR count). The summed E-state index contributed by atoms with van der Waals surface area (Å²) in [5.41, 5.74) is 16.5. The molecular formula is C33H39N5O6. The first-order valence-electron chi connectivity index (χ1n) is 14.8. The molecule has 2 fully saturated rings. The van der Waals surface area contributed by atoms with Crippen LogP contribution < -0.4 is 17.2 Å². The van der Waals surface area contributed by atoms with Gasteiger partial charge in [-0.1, -0.05) is 30.3 Å². The van der Waals surface area contributed by atoms with Gasteiger partial charge in [0.15, 0.2) is 11.6 Å². The number of nitrogens with zero attached hydrogens (tertiary/aromatic N) is 2. The highest BCUT2D eigenvalue weighted by atomic mass is 16.3. The number of carbonyl (C=O) groups excluding carboxylic acids is 3. The first-order valence-corrected chi connectivity index (χ1v) is 14.8. The summed E-state index contributed by atoms with van der Waals surface area (Å²) in [6.07, 6.45) is 2.20. The average Bonchev–Trinajstić information content (AvgIpc) is 3.44. The van der Waals surface area contributed by atoms with Crippen LogP contribution in [0.4, 0.5) is 0 Å². The number of ketones is 2. The predicted octanol–water partition coefficient (Wildman–Crippen LogP) is 1.66. The minimum absolute atomic E-state index is 0.00323. The first kappa shape index (κ1) is 30.0. The SMILES string of the molecule is CN(C)[C@@H]1C(=O)C(C(N)=O)=C(O)[C@@]2(C)C(=O)C3=C(O)c4c(O)ccc(-c5ccc(CN6CCCC6)cc5)c4C[C@@]3(N)C[C@@]12N. The Morgan fingerprint density at radius 1 is 1.02 bits per heavy atom. The molecule has 0 bridgehead atoms. The van der Waals surface area contributed by atoms with Gasteiger partial charge in [-0.2, -0.15) is 0 Å². The third-order valence-electron chi connectivity index (χ3n) is 10.3. The topological polar surface area (TPSA) is 196 Å². The number of phenolic OH excluding ortho intramolecular Hbond substituents is 1. The summed E-state index contributed by atoms with van der Waals surface area (Å²) in [7, 11) is 3.16. The van der Waals surface area contributed by atoms with Crippen LogP contribution in [0.25, 0.3) is 16.9 Å². The van der Waals surface area contributed by atoms with Crippen molar-refractivity contribution in [2.24, 2.45) is 22.6 Å². The van der Waals surface area contributed by atoms with Crippen LogP contribution in [0.2, 0.25) is 0 Å². The monoisotopic (exact) mass is 601 g/mol. The normalized spacial score (nSPS) is 30.5. The van der Waals surface area contributed by atoms with Crippen molar-refractivity contribution in [2.45, 2.75) is 56.3 Å². The molecule has 2 aromatic rings. The van der Waals surface area contributed by atoms with E-state index >= 15 is 0 Å². The van der Waals surface area contributed by atoms with Gasteiger partial charge >= 0.3 is 0 Å². The molecule has 1 aliphatic heterocycles. The highest BCUT2D eigenvalue weighted by Gasteiger charge is 2.71. The number of amides is 1. The van der Waals surface area contributed by atoms with Crippen molar-refractivity contribution >= 4 is 23.2 Å². The number of aliphatic hydroxyl groups is 2. The zero-order chi connectivity index (χ0) is 31.9. The lowest BCUT2D eigenvalue weighted by atomic mass is 9.47. The first-order chi connectivity index (χ1) is 20.7. The zero-order valence-corrected chi connectivity index (χ0v) is 25.2. The minimum atomic E-state index is -2.04. The molecule has 1 saturated carbocycles. The third-order valence-corrected chi connectivity index (χ3v) is 10.3. The van der Waals surface area contributed by atoms with Gasteiger partial charge in [-0.15, -0.1) is 0 Å². The molecule has 44 heavy (non-hydrogen) atoms. The van der Waals surface area contributed by atoms with E-state index in [0.717, 1.165) is 30.8 Å². The number of Topliss-reactive ketones (excluding diaryl/α,β-unsaturated/α-hetero) is 2. The van der Waals surface area contributed by atoms with E-state index in [1.807, 2.05) is 12.1 Å². The maximum atomic E-state index is 14.5. The number of aromatic hydroxyl groups is 1. The third kappa shape index (κ3) is 4.00. The molecule has 232 valence electrons. The fourth-order valence-electron chi connectivity index (χ4n) is 8.12. The molecule has 1 amide bonds. The number of likely N-dealkylation sites (tertiary alicyclic amines) is 1. The van der Waals surface area contributed by atoms with E-state index in [9.17, 15) is 29.7 Å². The van der Waals surface area contributed by atoms with Crippen molar-refractivity contribution in [1.29, 1.82) is 0 Å². The summed E-state index contributed by atoms with van der Waals surface area (Å²) >= 11 is 0. The molecule has 4 aliphatic rings. The lowest BCUT2D eigenvalue weighted by Gasteiger charge is -2.60. The molecule has 0 aromatic heterocycles. The number of phenols is 1. The van der Waals surface area contributed by atoms with Gasteiger partial charge in [0.25, 0.3) is 5.91 Å². The van der Waals surface area contributed by atoms with E-state index in [2.05, 4.69) is 17.0 Å². The van der Waals surface area contributed by atoms with E-state index in [1.54, 1.807) is 20.2 Å². The van der Waals surface area contributed by atoms with E-state index in [4.69, 9.17) is 17.2 Å². The van der Waals surface area contributed by atoms with Crippen LogP contribution in [0.3, 0.4) is 0 Å². The Kier molecular flexibility index (Phi) is 6.82. The summed E-state index contributed by atoms with van der Waals surface area (Å²) in [6.45, 7) is 4.36. The highest BCUT2D eigenvalue weighted by Crippen LogP contribution is 2.58. The van der Waals surface area contributed by atoms with Gasteiger partial charge in [0.2, 0.25) is 0 Å². The Hall–Kier alpha value is -4.03. The molecule has 9 N–H and O–H groups in total. The fourth-order valence-corrected chi connectivity index (χ4v) is 8.12. The van der Waals surface area contributed by atoms with Crippen molar-refractivity contribution < 1.29 is 29.7 Å². The molecule has 4 atom stereocenters. The second-order valence-corrected chi connectivity index (χ2v) is 13.2. The molecule has 0 radical (unpaired) electrons. The average molecular weight is 602 g/mol. The van der Waals surface area contributed by atoms with E-state index < -0.39 is 57.1 Å². The van der Waals surface area contributed by atoms with Crippen molar-refractivity contribution in [1.82, 2.24) is 9.80 Å². The van der Waals surface area contributed by atoms with E-state index in [0.29, 0.717) is 5.56 Å². The Morgan fingerprint density at radius 2 is 1.66 bits per heavy atom. The lowest BCUT2D eigenvalue weighted by Crippen LogP contribution is -2.79. The Morgan fingerprint density at radius 3 is 2.25 bits per heavy atom. The van der Waals surface area contributed by atoms with Crippen LogP contribution in [0, 0.1) is 5.41 Å². The Balaban J connectivity index is 1.51. The van der Waals surface area contributed by atoms with Crippen LogP contribution in [0.5, 0.6) is 5.75 Å². The largest absolute Gasteiger partial charge is 0.510 e. The molecule has 0 spiro atoms. The minimum Gasteiger partial charge on any atom is -0.510 e. The number of rotatable bonds is 5. The molecule has 1 saturated heterocycles. The molecule has 1 heterocycles. The van der Waals surface area contributed by atoms with E-state index in [1.165, 1.54) is 36.3 Å². The van der Waals surface area contributed by atoms with Gasteiger partial charge in [0.05, 0.1) is 28.3 Å². The second-order valence-electron chi connectivity index (χ2n) is 13.2. The predicted molar refractivity (Wildman–Crippen MR) is 164 cm³/mol. The second kappa shape index (κ2) is 10.00. The van der Waals surface area contributed by atoms with Gasteiger partial charge in [-0.3, -0.25) is 24.2 Å². The van der Waals surface area contributed by atoms with Crippen molar-refractivity contribution in [3.05, 3.63) is 70.0 Å². The number of carbonyl (C=O) groups is 3. The van der Waals surface area contributed by atoms with Crippen molar-refractivity contribution in [3.63, 3.8) is 0 Å². The molecule has 2 aromatic carbocycles. The van der Waals surface area contributed by atoms with Crippen LogP contribution >= 0.6 is 0 Å². The number of nitrogens with two attached hydrogens (primary N) is 3. The van der Waals surface area contributed by atoms with E-state index in [-0.39, 0.29) is 29.7 Å². The summed E-state index contributed by atoms with van der Waals surface area (Å²) < 4.78 is 0. The number of hydrogen-bond donors (Lipinski definition) is 6. The number of aliphatic hydroxyl groups excluding tert-OH is 2. The maximum Gasteiger partial charge on any atom is 0.255 e. The van der Waals surface area contributed by atoms with Gasteiger partial charge in [0, 0.05) is 6.54 Å². The maximum absolute atomic E-state index is 14.5. The van der Waals surface area contributed by atoms with Gasteiger partial charge in [-0.25, -0.2) is 0 Å². The standard InChI is InChI=1S/C33H39N5O6/c1-31-28(42)23(30(34)44)26(41)27(37(2)3)33(31,36)16-32(35)14-20-19(10-11-21(39)22(20)25(40)24(32)29(31)43)18-8-6-17(7-9-18)15-38-12-4-5-13-38/h6-11,27,39-40,42H,4-5,12-16,35-36H2,1-3H3,(H2,34,44)/t27-,31+,32-,33-/m1/s1. The number of fused-ring (bicyclic) bond motifs is 3. The van der Waals surface area contributed by atoms with Crippen LogP contribution in [-0.4, -0.2) is 86.9 Å². The zero-order valence-electron chi connectivity index (χ0n) is 25.2. The lowest BCUT2D eigenvalue weighted by molar-refractivity contribution is -0.142. The smallest absolute Gasteiger partial charge is 0.255 e. The fraction of sp³-hybridized carbons (Fsp3) is 0.424. The number of primary amides is 1. The summed E-state index contributed by atoms with van der Waals surface area (Å²) in [5, 5.41) is 34.1. The van der Waals surface area contributed by atoms with Gasteiger partial charge < -0.3 is 32.5 Å². The number of hydrogen-bond acceptors (Lipinski definition) is 10. The summed E-state index contributed by atoms with van der Waals surface area (Å²) in [5.74, 6) is -4.47. The highest BCUT2D eigenvalue weighted by molar-refractivity contribution is 6.25. The van der Waals surface area contributed by atoms with Crippen molar-refractivity contribution in [2.75, 3.05) is 27.2 Å². The Bertz CT molecular complexity index is 1670. The van der Waals surface area contributed by atoms with Crippen LogP contribution in [0.15, 0.2) is 53.3 Å². The quantitative estimate of drug-likeness (QED) is 0.274. The van der Waals surface area contributed by atoms with Crippen molar-refractivity contribution in [3.8, 4) is 16.9 Å². The molecule has 11 nitrogen and oxygen atoms in total. The number of benzene rings is 2. The summed E-state index contributed by atoms with van der Waals surface area (Å²) in [6, 6.07) is 10.0. The molecular weight excluding hydrogens is 562 g/mol. The number of likely N-dealkylation sites (N-methyl/N-ethyl adjacent to an activating group) is 1. The molecule has 11 heteroatoms. The van der Waals surface area contributed by atoms with Crippen LogP contribution in [-0.2, 0) is 27.3 Å². The van der Waals surface area contributed by atoms with Crippen LogP contribution in [0.1, 0.15) is 42.9 Å². The molecule has 3 aliphatic carbocycles. The van der Waals surface area contributed by atoms with Gasteiger partial charge in [0.1, 0.15) is 28.3 Å². The van der Waals surface area contributed by atoms with Gasteiger partial charge in [-0.05, 0) is 88.1 Å².